The Morgan fingerprint density at radius 3 is 2.00 bits per heavy atom. The fourth-order valence-corrected chi connectivity index (χ4v) is 1.51. The van der Waals surface area contributed by atoms with Crippen LogP contribution in [0.1, 0.15) is 37.8 Å². The molecule has 0 N–H and O–H groups in total. The molecule has 0 bridgehead atoms. The number of aryl methyl sites for hydroxylation is 2. The van der Waals surface area contributed by atoms with Crippen LogP contribution in [-0.2, 0) is 6.42 Å². The highest BCUT2D eigenvalue weighted by Gasteiger charge is 1.94. The molecular formula is C15H27N. The highest BCUT2D eigenvalue weighted by molar-refractivity contribution is 5.21. The first kappa shape index (κ1) is 15.2. The molecule has 0 aliphatic carbocycles. The highest BCUT2D eigenvalue weighted by atomic mass is 15.0. The van der Waals surface area contributed by atoms with Gasteiger partial charge in [0, 0.05) is 0 Å². The van der Waals surface area contributed by atoms with Crippen molar-refractivity contribution in [3.05, 3.63) is 35.4 Å². The predicted molar refractivity (Wildman–Crippen MR) is 74.0 cm³/mol. The van der Waals surface area contributed by atoms with Gasteiger partial charge in [-0.05, 0) is 52.4 Å². The molecule has 0 spiro atoms. The average Bonchev–Trinajstić information content (AvgIpc) is 2.29. The van der Waals surface area contributed by atoms with Crippen LogP contribution in [0.5, 0.6) is 0 Å². The minimum atomic E-state index is 1.20. The van der Waals surface area contributed by atoms with Gasteiger partial charge in [0.25, 0.3) is 0 Å². The summed E-state index contributed by atoms with van der Waals surface area (Å²) in [5.74, 6) is 0. The maximum absolute atomic E-state index is 2.25. The second-order valence-electron chi connectivity index (χ2n) is 4.25. The van der Waals surface area contributed by atoms with Gasteiger partial charge in [-0.2, -0.15) is 0 Å². The van der Waals surface area contributed by atoms with Crippen molar-refractivity contribution in [2.24, 2.45) is 0 Å². The Morgan fingerprint density at radius 1 is 0.938 bits per heavy atom. The van der Waals surface area contributed by atoms with Crippen molar-refractivity contribution in [1.29, 1.82) is 0 Å². The van der Waals surface area contributed by atoms with E-state index in [-0.39, 0.29) is 0 Å². The lowest BCUT2D eigenvalue weighted by molar-refractivity contribution is 0.394. The van der Waals surface area contributed by atoms with Crippen LogP contribution in [0, 0.1) is 6.92 Å². The molecule has 0 aliphatic heterocycles. The molecular weight excluding hydrogens is 194 g/mol. The molecule has 0 saturated heterocycles. The van der Waals surface area contributed by atoms with E-state index in [4.69, 9.17) is 0 Å². The van der Waals surface area contributed by atoms with Gasteiger partial charge in [0.2, 0.25) is 0 Å². The molecule has 1 aromatic carbocycles. The standard InChI is InChI=1S/C13H21N.C2H6/c1-12-7-9-13(10-8-12)6-4-5-11-14(2)3;1-2/h7-10H,4-6,11H2,1-3H3;1-2H3. The molecule has 1 nitrogen and oxygen atoms in total. The summed E-state index contributed by atoms with van der Waals surface area (Å²) >= 11 is 0. The van der Waals surface area contributed by atoms with Crippen LogP contribution in [0.2, 0.25) is 0 Å². The predicted octanol–water partition coefficient (Wildman–Crippen LogP) is 3.91. The summed E-state index contributed by atoms with van der Waals surface area (Å²) in [6.07, 6.45) is 3.80. The van der Waals surface area contributed by atoms with E-state index in [1.54, 1.807) is 0 Å². The Morgan fingerprint density at radius 2 is 1.50 bits per heavy atom. The average molecular weight is 221 g/mol. The molecule has 0 radical (unpaired) electrons. The number of unbranched alkanes of at least 4 members (excludes halogenated alkanes) is 1. The molecule has 0 aliphatic rings. The third-order valence-electron chi connectivity index (χ3n) is 2.44. The van der Waals surface area contributed by atoms with Crippen molar-refractivity contribution in [3.63, 3.8) is 0 Å². The summed E-state index contributed by atoms with van der Waals surface area (Å²) in [4.78, 5) is 2.25. The first-order chi connectivity index (χ1) is 7.68. The van der Waals surface area contributed by atoms with E-state index in [1.165, 1.54) is 36.9 Å². The van der Waals surface area contributed by atoms with Gasteiger partial charge in [0.1, 0.15) is 0 Å². The van der Waals surface area contributed by atoms with Gasteiger partial charge in [-0.1, -0.05) is 43.7 Å². The summed E-state index contributed by atoms with van der Waals surface area (Å²) < 4.78 is 0. The lowest BCUT2D eigenvalue weighted by Crippen LogP contribution is -2.12. The minimum absolute atomic E-state index is 1.20. The van der Waals surface area contributed by atoms with Crippen LogP contribution in [0.25, 0.3) is 0 Å². The van der Waals surface area contributed by atoms with E-state index in [0.717, 1.165) is 0 Å². The summed E-state index contributed by atoms with van der Waals surface area (Å²) in [5, 5.41) is 0. The molecule has 16 heavy (non-hydrogen) atoms. The molecule has 1 aromatic rings. The third-order valence-corrected chi connectivity index (χ3v) is 2.44. The van der Waals surface area contributed by atoms with Crippen molar-refractivity contribution in [2.75, 3.05) is 20.6 Å². The molecule has 92 valence electrons. The molecule has 1 heteroatoms. The molecule has 0 amide bonds. The van der Waals surface area contributed by atoms with Gasteiger partial charge < -0.3 is 4.90 Å². The largest absolute Gasteiger partial charge is 0.309 e. The summed E-state index contributed by atoms with van der Waals surface area (Å²) in [6, 6.07) is 8.87. The lowest BCUT2D eigenvalue weighted by Gasteiger charge is -2.08. The van der Waals surface area contributed by atoms with E-state index in [2.05, 4.69) is 50.2 Å². The van der Waals surface area contributed by atoms with Gasteiger partial charge >= 0.3 is 0 Å². The number of benzene rings is 1. The zero-order valence-corrected chi connectivity index (χ0v) is 11.6. The van der Waals surface area contributed by atoms with Gasteiger partial charge in [-0.25, -0.2) is 0 Å². The Hall–Kier alpha value is -0.820. The van der Waals surface area contributed by atoms with Crippen LogP contribution >= 0.6 is 0 Å². The van der Waals surface area contributed by atoms with Crippen LogP contribution in [-0.4, -0.2) is 25.5 Å². The first-order valence-corrected chi connectivity index (χ1v) is 6.39. The molecule has 1 rings (SSSR count). The van der Waals surface area contributed by atoms with Crippen LogP contribution in [0.15, 0.2) is 24.3 Å². The number of hydrogen-bond acceptors (Lipinski definition) is 1. The first-order valence-electron chi connectivity index (χ1n) is 6.39. The normalized spacial score (nSPS) is 9.88. The smallest absolute Gasteiger partial charge is 0.00247 e. The molecule has 0 fully saturated rings. The van der Waals surface area contributed by atoms with E-state index in [9.17, 15) is 0 Å². The fourth-order valence-electron chi connectivity index (χ4n) is 1.51. The molecule has 0 saturated carbocycles. The Kier molecular flexibility index (Phi) is 8.93. The lowest BCUT2D eigenvalue weighted by atomic mass is 10.1. The summed E-state index contributed by atoms with van der Waals surface area (Å²) in [5.41, 5.74) is 2.82. The summed E-state index contributed by atoms with van der Waals surface area (Å²) in [7, 11) is 4.26. The van der Waals surface area contributed by atoms with E-state index < -0.39 is 0 Å². The van der Waals surface area contributed by atoms with Crippen molar-refractivity contribution >= 4 is 0 Å². The quantitative estimate of drug-likeness (QED) is 0.682. The number of rotatable bonds is 5. The van der Waals surface area contributed by atoms with Crippen molar-refractivity contribution in [3.8, 4) is 0 Å². The van der Waals surface area contributed by atoms with E-state index in [1.807, 2.05) is 13.8 Å². The van der Waals surface area contributed by atoms with Crippen LogP contribution in [0.4, 0.5) is 0 Å². The van der Waals surface area contributed by atoms with E-state index >= 15 is 0 Å². The van der Waals surface area contributed by atoms with Crippen molar-refractivity contribution in [2.45, 2.75) is 40.0 Å². The molecule has 0 unspecified atom stereocenters. The second-order valence-corrected chi connectivity index (χ2v) is 4.25. The number of hydrogen-bond donors (Lipinski definition) is 0. The molecule has 0 atom stereocenters. The minimum Gasteiger partial charge on any atom is -0.309 e. The Bertz CT molecular complexity index is 249. The zero-order chi connectivity index (χ0) is 12.4. The second kappa shape index (κ2) is 9.41. The Labute approximate surface area is 101 Å². The van der Waals surface area contributed by atoms with Crippen molar-refractivity contribution < 1.29 is 0 Å². The SMILES string of the molecule is CC.Cc1ccc(CCCCN(C)C)cc1. The highest BCUT2D eigenvalue weighted by Crippen LogP contribution is 2.07. The van der Waals surface area contributed by atoms with Gasteiger partial charge in [0.15, 0.2) is 0 Å². The zero-order valence-electron chi connectivity index (χ0n) is 11.6. The van der Waals surface area contributed by atoms with Crippen LogP contribution < -0.4 is 0 Å². The third kappa shape index (κ3) is 7.47. The van der Waals surface area contributed by atoms with Crippen molar-refractivity contribution in [1.82, 2.24) is 4.90 Å². The van der Waals surface area contributed by atoms with Gasteiger partial charge in [-0.15, -0.1) is 0 Å². The summed E-state index contributed by atoms with van der Waals surface area (Å²) in [6.45, 7) is 7.34. The van der Waals surface area contributed by atoms with Gasteiger partial charge in [0.05, 0.1) is 0 Å². The Balaban J connectivity index is 0.00000106. The fraction of sp³-hybridized carbons (Fsp3) is 0.600. The topological polar surface area (TPSA) is 3.24 Å². The van der Waals surface area contributed by atoms with Gasteiger partial charge in [-0.3, -0.25) is 0 Å². The molecule has 0 aromatic heterocycles. The van der Waals surface area contributed by atoms with E-state index in [0.29, 0.717) is 0 Å². The maximum atomic E-state index is 2.25. The monoisotopic (exact) mass is 221 g/mol. The molecule has 0 heterocycles. The number of nitrogens with zero attached hydrogens (tertiary/aromatic N) is 1. The maximum Gasteiger partial charge on any atom is -0.00247 e. The van der Waals surface area contributed by atoms with Crippen LogP contribution in [0.3, 0.4) is 0 Å².